The second-order valence-electron chi connectivity index (χ2n) is 25.8. The fraction of sp³-hybridized carbons (Fsp3) is 0. The fourth-order valence-corrected chi connectivity index (χ4v) is 15.6. The van der Waals surface area contributed by atoms with Crippen molar-refractivity contribution < 1.29 is 0 Å². The van der Waals surface area contributed by atoms with Gasteiger partial charge in [-0.3, -0.25) is 0 Å². The molecule has 0 aliphatic carbocycles. The molecule has 0 fully saturated rings. The minimum absolute atomic E-state index is 0.677. The summed E-state index contributed by atoms with van der Waals surface area (Å²) in [6.07, 6.45) is 0. The molecule has 0 unspecified atom stereocenters. The second kappa shape index (κ2) is 23.5. The molecule has 0 saturated carbocycles. The molecule has 20 aromatic rings. The maximum atomic E-state index is 9.78. The van der Waals surface area contributed by atoms with Gasteiger partial charge in [-0.15, -0.1) is 0 Å². The third kappa shape index (κ3) is 9.47. The van der Waals surface area contributed by atoms with Crippen LogP contribution < -0.4 is 0 Å². The maximum Gasteiger partial charge on any atom is 0.0998 e. The third-order valence-corrected chi connectivity index (χ3v) is 20.3. The van der Waals surface area contributed by atoms with Crippen molar-refractivity contribution in [2.75, 3.05) is 0 Å². The second-order valence-corrected chi connectivity index (χ2v) is 25.8. The lowest BCUT2D eigenvalue weighted by molar-refractivity contribution is 1.18. The van der Waals surface area contributed by atoms with E-state index in [1.54, 1.807) is 0 Å². The molecule has 0 N–H and O–H groups in total. The van der Waals surface area contributed by atoms with Crippen molar-refractivity contribution in [3.05, 3.63) is 363 Å². The van der Waals surface area contributed by atoms with Gasteiger partial charge in [0.2, 0.25) is 0 Å². The molecule has 100 heavy (non-hydrogen) atoms. The predicted octanol–water partition coefficient (Wildman–Crippen LogP) is 24.5. The minimum Gasteiger partial charge on any atom is -0.309 e. The summed E-state index contributed by atoms with van der Waals surface area (Å²) in [5, 5.41) is 33.2. The van der Waals surface area contributed by atoms with Crippen molar-refractivity contribution in [2.24, 2.45) is 0 Å². The van der Waals surface area contributed by atoms with E-state index in [1.165, 1.54) is 132 Å². The minimum atomic E-state index is 0.677. The number of nitrogens with zero attached hydrogens (tertiary/aromatic N) is 6. The summed E-state index contributed by atoms with van der Waals surface area (Å²) in [6, 6.07) is 130. The first-order valence-electron chi connectivity index (χ1n) is 33.8. The Bertz CT molecular complexity index is 6770. The fourth-order valence-electron chi connectivity index (χ4n) is 15.6. The van der Waals surface area contributed by atoms with Crippen LogP contribution in [-0.2, 0) is 0 Å². The van der Waals surface area contributed by atoms with Crippen LogP contribution in [0.4, 0.5) is 0 Å². The highest BCUT2D eigenvalue weighted by Gasteiger charge is 2.20. The van der Waals surface area contributed by atoms with Crippen molar-refractivity contribution in [1.29, 1.82) is 10.5 Å². The van der Waals surface area contributed by atoms with Crippen LogP contribution in [0.25, 0.3) is 176 Å². The van der Waals surface area contributed by atoms with Gasteiger partial charge in [-0.1, -0.05) is 218 Å². The molecular formula is C94H58N6. The zero-order valence-electron chi connectivity index (χ0n) is 54.2. The van der Waals surface area contributed by atoms with Gasteiger partial charge in [0.25, 0.3) is 0 Å². The largest absolute Gasteiger partial charge is 0.309 e. The highest BCUT2D eigenvalue weighted by molar-refractivity contribution is 6.15. The van der Waals surface area contributed by atoms with Crippen LogP contribution in [0.5, 0.6) is 0 Å². The maximum absolute atomic E-state index is 9.78. The SMILES string of the molecule is N#Cc1ccc(-n2c3ccccc3c3cc(-c4ccc(-c5ccc6c(c5)c5ccccc5n6-c5ccccc5)cc4)ccc32)c2ccccc12.N#Cc1ccc2cc(-n3c4ccccc4c4cc(-c5ccc(-c6ccc7c(c6)c6ccccc6n7-c6ccccc6)cc5)ccc43)ccc2c1. The monoisotopic (exact) mass is 1270 g/mol. The van der Waals surface area contributed by atoms with Gasteiger partial charge in [0, 0.05) is 70.9 Å². The molecule has 0 aliphatic rings. The van der Waals surface area contributed by atoms with Gasteiger partial charge in [0.1, 0.15) is 0 Å². The first-order chi connectivity index (χ1) is 49.5. The van der Waals surface area contributed by atoms with E-state index in [1.807, 2.05) is 42.5 Å². The summed E-state index contributed by atoms with van der Waals surface area (Å²) < 4.78 is 9.40. The first-order valence-corrected chi connectivity index (χ1v) is 33.8. The molecule has 0 aliphatic heterocycles. The Balaban J connectivity index is 0.000000139. The van der Waals surface area contributed by atoms with E-state index in [4.69, 9.17) is 0 Å². The average Bonchev–Trinajstić information content (AvgIpc) is 1.62. The van der Waals surface area contributed by atoms with E-state index in [-0.39, 0.29) is 0 Å². The van der Waals surface area contributed by atoms with Gasteiger partial charge >= 0.3 is 0 Å². The Morgan fingerprint density at radius 2 is 0.510 bits per heavy atom. The number of hydrogen-bond acceptors (Lipinski definition) is 2. The summed E-state index contributed by atoms with van der Waals surface area (Å²) >= 11 is 0. The Labute approximate surface area is 576 Å². The van der Waals surface area contributed by atoms with Crippen molar-refractivity contribution in [1.82, 2.24) is 18.3 Å². The molecule has 0 atom stereocenters. The Kier molecular flexibility index (Phi) is 13.6. The van der Waals surface area contributed by atoms with Crippen LogP contribution in [0.15, 0.2) is 352 Å². The summed E-state index contributed by atoms with van der Waals surface area (Å²) in [6.45, 7) is 0. The van der Waals surface area contributed by atoms with Crippen LogP contribution in [0.3, 0.4) is 0 Å². The molecule has 0 saturated heterocycles. The third-order valence-electron chi connectivity index (χ3n) is 20.3. The van der Waals surface area contributed by atoms with E-state index in [9.17, 15) is 10.5 Å². The molecule has 4 heterocycles. The number of para-hydroxylation sites is 6. The summed E-state index contributed by atoms with van der Waals surface area (Å²) in [7, 11) is 0. The number of rotatable bonds is 8. The van der Waals surface area contributed by atoms with E-state index >= 15 is 0 Å². The Hall–Kier alpha value is -13.8. The van der Waals surface area contributed by atoms with Gasteiger partial charge in [0.05, 0.1) is 73.1 Å². The van der Waals surface area contributed by atoms with E-state index in [2.05, 4.69) is 340 Å². The van der Waals surface area contributed by atoms with Crippen LogP contribution in [0, 0.1) is 22.7 Å². The lowest BCUT2D eigenvalue weighted by Gasteiger charge is -2.13. The van der Waals surface area contributed by atoms with Crippen molar-refractivity contribution >= 4 is 109 Å². The molecule has 4 aromatic heterocycles. The summed E-state index contributed by atoms with van der Waals surface area (Å²) in [5.74, 6) is 0. The topological polar surface area (TPSA) is 67.3 Å². The van der Waals surface area contributed by atoms with Crippen molar-refractivity contribution in [3.8, 4) is 79.4 Å². The number of benzene rings is 16. The lowest BCUT2D eigenvalue weighted by atomic mass is 9.98. The van der Waals surface area contributed by atoms with Gasteiger partial charge in [-0.2, -0.15) is 10.5 Å². The van der Waals surface area contributed by atoms with Gasteiger partial charge < -0.3 is 18.3 Å². The van der Waals surface area contributed by atoms with Crippen molar-refractivity contribution in [3.63, 3.8) is 0 Å². The summed E-state index contributed by atoms with van der Waals surface area (Å²) in [4.78, 5) is 0. The Morgan fingerprint density at radius 1 is 0.190 bits per heavy atom. The van der Waals surface area contributed by atoms with E-state index < -0.39 is 0 Å². The molecule has 0 radical (unpaired) electrons. The Morgan fingerprint density at radius 3 is 0.920 bits per heavy atom. The highest BCUT2D eigenvalue weighted by Crippen LogP contribution is 2.42. The molecular weight excluding hydrogens is 1210 g/mol. The predicted molar refractivity (Wildman–Crippen MR) is 416 cm³/mol. The number of hydrogen-bond donors (Lipinski definition) is 0. The highest BCUT2D eigenvalue weighted by atomic mass is 15.0. The molecule has 6 nitrogen and oxygen atoms in total. The average molecular weight is 1270 g/mol. The van der Waals surface area contributed by atoms with E-state index in [0.717, 1.165) is 44.0 Å². The standard InChI is InChI=1S/2C47H29N3/c48-30-31-14-15-35-27-39(23-20-34(35)26-31)50-45-13-7-5-11-41(45)43-29-37(22-25-47(43)50)33-18-16-32(17-19-33)36-21-24-46-42(28-36)40-10-4-6-12-44(40)49(46)38-8-2-1-3-9-38;48-30-35-24-27-45(38-13-5-4-12-37(35)38)50-44-17-9-7-15-40(44)42-29-34(23-26-47(42)50)32-20-18-31(19-21-32)33-22-25-46-41(28-33)39-14-6-8-16-43(39)49(46)36-10-2-1-3-11-36/h2*1-29H. The zero-order valence-corrected chi connectivity index (χ0v) is 54.2. The van der Waals surface area contributed by atoms with Gasteiger partial charge in [-0.25, -0.2) is 0 Å². The normalized spacial score (nSPS) is 11.6. The van der Waals surface area contributed by atoms with Crippen molar-refractivity contribution in [2.45, 2.75) is 0 Å². The molecule has 0 amide bonds. The van der Waals surface area contributed by atoms with E-state index in [0.29, 0.717) is 11.1 Å². The van der Waals surface area contributed by atoms with Crippen LogP contribution in [-0.4, -0.2) is 18.3 Å². The van der Waals surface area contributed by atoms with Crippen LogP contribution in [0.2, 0.25) is 0 Å². The quantitative estimate of drug-likeness (QED) is 0.152. The smallest absolute Gasteiger partial charge is 0.0998 e. The first kappa shape index (κ1) is 57.6. The van der Waals surface area contributed by atoms with Crippen LogP contribution in [0.1, 0.15) is 11.1 Å². The van der Waals surface area contributed by atoms with Gasteiger partial charge in [0.15, 0.2) is 0 Å². The molecule has 0 bridgehead atoms. The zero-order chi connectivity index (χ0) is 66.4. The lowest BCUT2D eigenvalue weighted by Crippen LogP contribution is -1.96. The molecule has 6 heteroatoms. The summed E-state index contributed by atoms with van der Waals surface area (Å²) in [5.41, 5.74) is 24.9. The molecule has 464 valence electrons. The van der Waals surface area contributed by atoms with Gasteiger partial charge in [-0.05, 0) is 189 Å². The number of fused-ring (bicyclic) bond motifs is 14. The van der Waals surface area contributed by atoms with Crippen LogP contribution >= 0.6 is 0 Å². The molecule has 20 rings (SSSR count). The molecule has 0 spiro atoms. The number of nitriles is 2. The molecule has 16 aromatic carbocycles. The number of aromatic nitrogens is 4.